The predicted octanol–water partition coefficient (Wildman–Crippen LogP) is 8.19. The zero-order valence-electron chi connectivity index (χ0n) is 18.7. The van der Waals surface area contributed by atoms with Gasteiger partial charge in [0.1, 0.15) is 6.54 Å². The third-order valence-corrected chi connectivity index (χ3v) is 5.73. The second-order valence-corrected chi connectivity index (χ2v) is 8.50. The highest BCUT2D eigenvalue weighted by molar-refractivity contribution is 5.04. The summed E-state index contributed by atoms with van der Waals surface area (Å²) in [7, 11) is 0. The van der Waals surface area contributed by atoms with Gasteiger partial charge >= 0.3 is 0 Å². The Hall–Kier alpha value is -0.850. The Morgan fingerprint density at radius 2 is 1.07 bits per heavy atom. The summed E-state index contributed by atoms with van der Waals surface area (Å²) in [6.45, 7) is 5.75. The zero-order valence-corrected chi connectivity index (χ0v) is 18.7. The van der Waals surface area contributed by atoms with Crippen LogP contribution in [0.25, 0.3) is 0 Å². The summed E-state index contributed by atoms with van der Waals surface area (Å²) < 4.78 is 2.38. The maximum absolute atomic E-state index is 2.38. The van der Waals surface area contributed by atoms with Gasteiger partial charge in [-0.3, -0.25) is 0 Å². The average molecular weight is 375 g/mol. The number of nitrogens with zero attached hydrogens (tertiary/aromatic N) is 1. The molecule has 0 atom stereocenters. The number of hydrogen-bond donors (Lipinski definition) is 0. The molecule has 156 valence electrons. The van der Waals surface area contributed by atoms with E-state index in [0.29, 0.717) is 0 Å². The summed E-state index contributed by atoms with van der Waals surface area (Å²) in [4.78, 5) is 0. The van der Waals surface area contributed by atoms with Gasteiger partial charge in [0.15, 0.2) is 12.4 Å². The molecule has 1 heterocycles. The molecule has 0 fully saturated rings. The van der Waals surface area contributed by atoms with Gasteiger partial charge in [-0.25, -0.2) is 4.57 Å². The fourth-order valence-electron chi connectivity index (χ4n) is 3.99. The normalized spacial score (nSPS) is 11.2. The molecule has 1 aromatic rings. The molecular weight excluding hydrogens is 326 g/mol. The summed E-state index contributed by atoms with van der Waals surface area (Å²) in [5, 5.41) is 0. The van der Waals surface area contributed by atoms with E-state index >= 15 is 0 Å². The molecule has 1 heteroatoms. The van der Waals surface area contributed by atoms with E-state index in [1.54, 1.807) is 0 Å². The molecule has 1 rings (SSSR count). The van der Waals surface area contributed by atoms with Crippen molar-refractivity contribution in [3.63, 3.8) is 0 Å². The number of aromatic nitrogens is 1. The highest BCUT2D eigenvalue weighted by Crippen LogP contribution is 2.13. The van der Waals surface area contributed by atoms with Gasteiger partial charge in [0.05, 0.1) is 0 Å². The first-order chi connectivity index (χ1) is 13.4. The van der Waals surface area contributed by atoms with Crippen molar-refractivity contribution in [3.8, 4) is 0 Å². The molecule has 27 heavy (non-hydrogen) atoms. The predicted molar refractivity (Wildman–Crippen MR) is 120 cm³/mol. The number of unbranched alkanes of at least 4 members (excludes halogenated alkanes) is 15. The molecule has 0 radical (unpaired) electrons. The molecule has 0 amide bonds. The quantitative estimate of drug-likeness (QED) is 0.170. The molecule has 0 N–H and O–H groups in total. The van der Waals surface area contributed by atoms with E-state index in [0.717, 1.165) is 0 Å². The van der Waals surface area contributed by atoms with Crippen LogP contribution < -0.4 is 4.57 Å². The number of rotatable bonds is 19. The van der Waals surface area contributed by atoms with Crippen LogP contribution in [0.2, 0.25) is 0 Å². The fourth-order valence-corrected chi connectivity index (χ4v) is 3.99. The first-order valence-corrected chi connectivity index (χ1v) is 12.3. The maximum atomic E-state index is 2.38. The lowest BCUT2D eigenvalue weighted by atomic mass is 10.0. The first kappa shape index (κ1) is 24.2. The van der Waals surface area contributed by atoms with Gasteiger partial charge < -0.3 is 0 Å². The molecular formula is C26H48N+. The highest BCUT2D eigenvalue weighted by atomic mass is 14.9. The molecule has 0 bridgehead atoms. The van der Waals surface area contributed by atoms with Crippen LogP contribution in [0, 0.1) is 0 Å². The Balaban J connectivity index is 1.81. The van der Waals surface area contributed by atoms with E-state index < -0.39 is 0 Å². The van der Waals surface area contributed by atoms with Crippen molar-refractivity contribution in [1.82, 2.24) is 0 Å². The lowest BCUT2D eigenvalue weighted by Gasteiger charge is -2.03. The van der Waals surface area contributed by atoms with Crippen LogP contribution >= 0.6 is 0 Å². The number of aryl methyl sites for hydroxylation is 2. The third-order valence-electron chi connectivity index (χ3n) is 5.73. The van der Waals surface area contributed by atoms with Gasteiger partial charge in [-0.2, -0.15) is 0 Å². The van der Waals surface area contributed by atoms with E-state index in [-0.39, 0.29) is 0 Å². The Bertz CT molecular complexity index is 426. The summed E-state index contributed by atoms with van der Waals surface area (Å²) in [6, 6.07) is 4.46. The van der Waals surface area contributed by atoms with Crippen LogP contribution in [0.3, 0.4) is 0 Å². The van der Waals surface area contributed by atoms with Gasteiger partial charge in [0.25, 0.3) is 0 Å². The van der Waals surface area contributed by atoms with Crippen molar-refractivity contribution in [2.75, 3.05) is 0 Å². The van der Waals surface area contributed by atoms with Gasteiger partial charge in [0, 0.05) is 18.1 Å². The van der Waals surface area contributed by atoms with E-state index in [4.69, 9.17) is 0 Å². The second kappa shape index (κ2) is 18.5. The molecule has 0 aliphatic rings. The van der Waals surface area contributed by atoms with Crippen molar-refractivity contribution in [3.05, 3.63) is 30.1 Å². The zero-order chi connectivity index (χ0) is 19.4. The molecule has 0 aliphatic carbocycles. The monoisotopic (exact) mass is 374 g/mol. The Morgan fingerprint density at radius 3 is 1.56 bits per heavy atom. The second-order valence-electron chi connectivity index (χ2n) is 8.50. The molecule has 0 aliphatic heterocycles. The highest BCUT2D eigenvalue weighted by Gasteiger charge is 2.02. The smallest absolute Gasteiger partial charge is 0.171 e. The van der Waals surface area contributed by atoms with Gasteiger partial charge in [-0.05, 0) is 18.9 Å². The fraction of sp³-hybridized carbons (Fsp3) is 0.808. The van der Waals surface area contributed by atoms with Gasteiger partial charge in [-0.15, -0.1) is 0 Å². The molecule has 1 aromatic heterocycles. The van der Waals surface area contributed by atoms with Crippen molar-refractivity contribution >= 4 is 0 Å². The SMILES string of the molecule is CCCCCCCCCCCCCCCCCC[n+]1cccc(CCC)c1. The minimum atomic E-state index is 1.19. The average Bonchev–Trinajstić information content (AvgIpc) is 2.68. The minimum Gasteiger partial charge on any atom is -0.205 e. The van der Waals surface area contributed by atoms with Crippen LogP contribution in [0.5, 0.6) is 0 Å². The van der Waals surface area contributed by atoms with E-state index in [1.807, 2.05) is 0 Å². The van der Waals surface area contributed by atoms with E-state index in [1.165, 1.54) is 128 Å². The Kier molecular flexibility index (Phi) is 16.6. The summed E-state index contributed by atoms with van der Waals surface area (Å²) >= 11 is 0. The first-order valence-electron chi connectivity index (χ1n) is 12.3. The van der Waals surface area contributed by atoms with Gasteiger partial charge in [-0.1, -0.05) is 110 Å². The van der Waals surface area contributed by atoms with E-state index in [2.05, 4.69) is 42.9 Å². The largest absolute Gasteiger partial charge is 0.205 e. The van der Waals surface area contributed by atoms with Crippen LogP contribution in [0.15, 0.2) is 24.5 Å². The number of hydrogen-bond acceptors (Lipinski definition) is 0. The number of pyridine rings is 1. The van der Waals surface area contributed by atoms with Crippen molar-refractivity contribution in [1.29, 1.82) is 0 Å². The summed E-state index contributed by atoms with van der Waals surface area (Å²) in [6.07, 6.45) is 30.1. The van der Waals surface area contributed by atoms with Crippen LogP contribution in [-0.2, 0) is 13.0 Å². The Labute approximate surface area is 171 Å². The van der Waals surface area contributed by atoms with Gasteiger partial charge in [0.2, 0.25) is 0 Å². The lowest BCUT2D eigenvalue weighted by Crippen LogP contribution is -2.33. The lowest BCUT2D eigenvalue weighted by molar-refractivity contribution is -0.697. The molecule has 1 nitrogen and oxygen atoms in total. The van der Waals surface area contributed by atoms with Crippen LogP contribution in [0.1, 0.15) is 129 Å². The molecule has 0 unspecified atom stereocenters. The van der Waals surface area contributed by atoms with E-state index in [9.17, 15) is 0 Å². The van der Waals surface area contributed by atoms with Crippen molar-refractivity contribution in [2.24, 2.45) is 0 Å². The molecule has 0 saturated heterocycles. The summed E-state index contributed by atoms with van der Waals surface area (Å²) in [5.41, 5.74) is 1.48. The molecule has 0 aromatic carbocycles. The Morgan fingerprint density at radius 1 is 0.593 bits per heavy atom. The van der Waals surface area contributed by atoms with Crippen LogP contribution in [0.4, 0.5) is 0 Å². The summed E-state index contributed by atoms with van der Waals surface area (Å²) in [5.74, 6) is 0. The van der Waals surface area contributed by atoms with Crippen LogP contribution in [-0.4, -0.2) is 0 Å². The molecule has 0 saturated carbocycles. The maximum Gasteiger partial charge on any atom is 0.171 e. The topological polar surface area (TPSA) is 3.88 Å². The van der Waals surface area contributed by atoms with Crippen molar-refractivity contribution in [2.45, 2.75) is 136 Å². The standard InChI is InChI=1S/C26H48N/c1-3-5-6-7-8-9-10-11-12-13-14-15-16-17-18-19-23-27-24-20-22-26(25-27)21-4-2/h20,22,24-25H,3-19,21,23H2,1-2H3/q+1. The third kappa shape index (κ3) is 14.8. The molecule has 0 spiro atoms. The minimum absolute atomic E-state index is 1.19. The van der Waals surface area contributed by atoms with Crippen molar-refractivity contribution < 1.29 is 4.57 Å².